The Morgan fingerprint density at radius 2 is 2.37 bits per heavy atom. The summed E-state index contributed by atoms with van der Waals surface area (Å²) >= 11 is 3.49. The molecule has 1 aromatic carbocycles. The summed E-state index contributed by atoms with van der Waals surface area (Å²) in [7, 11) is 0. The molecule has 1 aliphatic heterocycles. The van der Waals surface area contributed by atoms with Crippen LogP contribution in [0.2, 0.25) is 0 Å². The van der Waals surface area contributed by atoms with Crippen molar-refractivity contribution >= 4 is 21.9 Å². The lowest BCUT2D eigenvalue weighted by molar-refractivity contribution is -0.150. The van der Waals surface area contributed by atoms with E-state index in [0.717, 1.165) is 36.9 Å². The third kappa shape index (κ3) is 4.32. The molecule has 0 radical (unpaired) electrons. The third-order valence-electron chi connectivity index (χ3n) is 3.42. The molecule has 0 aromatic heterocycles. The fraction of sp³-hybridized carbons (Fsp3) is 0.533. The first-order chi connectivity index (χ1) is 9.19. The standard InChI is InChI=1S/C15H20BrNO2/c1-2-19-15(18)13-6-4-8-17(11-13)10-12-5-3-7-14(16)9-12/h3,5,7,9,13H,2,4,6,8,10-11H2,1H3. The zero-order chi connectivity index (χ0) is 13.7. The van der Waals surface area contributed by atoms with Gasteiger partial charge in [0.1, 0.15) is 0 Å². The number of piperidine rings is 1. The molecule has 1 unspecified atom stereocenters. The molecule has 0 saturated carbocycles. The Bertz CT molecular complexity index is 436. The molecule has 1 saturated heterocycles. The maximum absolute atomic E-state index is 11.8. The summed E-state index contributed by atoms with van der Waals surface area (Å²) in [6.45, 7) is 5.10. The van der Waals surface area contributed by atoms with Crippen LogP contribution >= 0.6 is 15.9 Å². The van der Waals surface area contributed by atoms with Gasteiger partial charge < -0.3 is 4.74 Å². The summed E-state index contributed by atoms with van der Waals surface area (Å²) in [5.41, 5.74) is 1.28. The van der Waals surface area contributed by atoms with Crippen molar-refractivity contribution in [2.24, 2.45) is 5.92 Å². The molecule has 19 heavy (non-hydrogen) atoms. The Morgan fingerprint density at radius 3 is 3.11 bits per heavy atom. The second-order valence-corrected chi connectivity index (χ2v) is 5.87. The molecule has 1 heterocycles. The average molecular weight is 326 g/mol. The Labute approximate surface area is 123 Å². The van der Waals surface area contributed by atoms with Crippen LogP contribution in [0.25, 0.3) is 0 Å². The molecule has 1 aliphatic rings. The first-order valence-corrected chi connectivity index (χ1v) is 7.61. The van der Waals surface area contributed by atoms with Gasteiger partial charge in [-0.05, 0) is 44.0 Å². The van der Waals surface area contributed by atoms with Crippen LogP contribution in [-0.4, -0.2) is 30.6 Å². The minimum Gasteiger partial charge on any atom is -0.466 e. The molecule has 4 heteroatoms. The van der Waals surface area contributed by atoms with Gasteiger partial charge in [0.15, 0.2) is 0 Å². The second kappa shape index (κ2) is 7.06. The largest absolute Gasteiger partial charge is 0.466 e. The zero-order valence-corrected chi connectivity index (χ0v) is 12.9. The van der Waals surface area contributed by atoms with Gasteiger partial charge in [-0.3, -0.25) is 9.69 Å². The highest BCUT2D eigenvalue weighted by atomic mass is 79.9. The van der Waals surface area contributed by atoms with E-state index in [2.05, 4.69) is 33.0 Å². The predicted molar refractivity (Wildman–Crippen MR) is 78.8 cm³/mol. The topological polar surface area (TPSA) is 29.5 Å². The van der Waals surface area contributed by atoms with Crippen LogP contribution in [0.4, 0.5) is 0 Å². The number of hydrogen-bond acceptors (Lipinski definition) is 3. The van der Waals surface area contributed by atoms with E-state index in [1.165, 1.54) is 5.56 Å². The van der Waals surface area contributed by atoms with Gasteiger partial charge in [0.2, 0.25) is 0 Å². The van der Waals surface area contributed by atoms with Gasteiger partial charge in [0.05, 0.1) is 12.5 Å². The summed E-state index contributed by atoms with van der Waals surface area (Å²) in [4.78, 5) is 14.1. The molecule has 1 aromatic rings. The molecule has 1 fully saturated rings. The maximum Gasteiger partial charge on any atom is 0.310 e. The van der Waals surface area contributed by atoms with E-state index in [9.17, 15) is 4.79 Å². The first-order valence-electron chi connectivity index (χ1n) is 6.82. The number of likely N-dealkylation sites (tertiary alicyclic amines) is 1. The fourth-order valence-corrected chi connectivity index (χ4v) is 2.99. The molecule has 1 atom stereocenters. The summed E-state index contributed by atoms with van der Waals surface area (Å²) in [6.07, 6.45) is 2.02. The van der Waals surface area contributed by atoms with Crippen molar-refractivity contribution in [2.45, 2.75) is 26.3 Å². The van der Waals surface area contributed by atoms with Crippen LogP contribution in [0.5, 0.6) is 0 Å². The number of halogens is 1. The van der Waals surface area contributed by atoms with Crippen molar-refractivity contribution in [1.29, 1.82) is 0 Å². The normalized spacial score (nSPS) is 20.2. The Hall–Kier alpha value is -0.870. The van der Waals surface area contributed by atoms with Crippen LogP contribution in [0.1, 0.15) is 25.3 Å². The summed E-state index contributed by atoms with van der Waals surface area (Å²) in [5.74, 6) is 0.00213. The fourth-order valence-electron chi connectivity index (χ4n) is 2.55. The molecule has 104 valence electrons. The van der Waals surface area contributed by atoms with Crippen LogP contribution in [0, 0.1) is 5.92 Å². The van der Waals surface area contributed by atoms with E-state index in [-0.39, 0.29) is 11.9 Å². The van der Waals surface area contributed by atoms with Crippen molar-refractivity contribution in [1.82, 2.24) is 4.90 Å². The van der Waals surface area contributed by atoms with Crippen LogP contribution in [0.3, 0.4) is 0 Å². The highest BCUT2D eigenvalue weighted by Gasteiger charge is 2.26. The minimum absolute atomic E-state index is 0.0403. The lowest BCUT2D eigenvalue weighted by Crippen LogP contribution is -2.38. The number of carbonyl (C=O) groups is 1. The van der Waals surface area contributed by atoms with Crippen LogP contribution in [0.15, 0.2) is 28.7 Å². The smallest absolute Gasteiger partial charge is 0.310 e. The van der Waals surface area contributed by atoms with Crippen molar-refractivity contribution in [3.8, 4) is 0 Å². The van der Waals surface area contributed by atoms with Gasteiger partial charge >= 0.3 is 5.97 Å². The molecule has 3 nitrogen and oxygen atoms in total. The van der Waals surface area contributed by atoms with Gasteiger partial charge in [-0.15, -0.1) is 0 Å². The van der Waals surface area contributed by atoms with Crippen LogP contribution in [-0.2, 0) is 16.1 Å². The molecule has 0 aliphatic carbocycles. The monoisotopic (exact) mass is 325 g/mol. The predicted octanol–water partition coefficient (Wildman–Crippen LogP) is 3.22. The van der Waals surface area contributed by atoms with Crippen molar-refractivity contribution < 1.29 is 9.53 Å². The van der Waals surface area contributed by atoms with E-state index in [4.69, 9.17) is 4.74 Å². The molecule has 0 N–H and O–H groups in total. The SMILES string of the molecule is CCOC(=O)C1CCCN(Cc2cccc(Br)c2)C1. The number of hydrogen-bond donors (Lipinski definition) is 0. The Morgan fingerprint density at radius 1 is 1.53 bits per heavy atom. The minimum atomic E-state index is -0.0403. The van der Waals surface area contributed by atoms with E-state index < -0.39 is 0 Å². The molecule has 2 rings (SSSR count). The molecular weight excluding hydrogens is 306 g/mol. The highest BCUT2D eigenvalue weighted by molar-refractivity contribution is 9.10. The van der Waals surface area contributed by atoms with Gasteiger partial charge in [-0.2, -0.15) is 0 Å². The van der Waals surface area contributed by atoms with Gasteiger partial charge in [0, 0.05) is 17.6 Å². The number of ether oxygens (including phenoxy) is 1. The average Bonchev–Trinajstić information content (AvgIpc) is 2.39. The highest BCUT2D eigenvalue weighted by Crippen LogP contribution is 2.21. The quantitative estimate of drug-likeness (QED) is 0.796. The molecule has 0 spiro atoms. The third-order valence-corrected chi connectivity index (χ3v) is 3.91. The zero-order valence-electron chi connectivity index (χ0n) is 11.3. The first kappa shape index (κ1) is 14.5. The maximum atomic E-state index is 11.8. The lowest BCUT2D eigenvalue weighted by Gasteiger charge is -2.31. The second-order valence-electron chi connectivity index (χ2n) is 4.96. The van der Waals surface area contributed by atoms with Gasteiger partial charge in [0.25, 0.3) is 0 Å². The number of esters is 1. The summed E-state index contributed by atoms with van der Waals surface area (Å²) in [5, 5.41) is 0. The van der Waals surface area contributed by atoms with E-state index in [0.29, 0.717) is 6.61 Å². The lowest BCUT2D eigenvalue weighted by atomic mass is 9.98. The van der Waals surface area contributed by atoms with E-state index in [1.54, 1.807) is 0 Å². The summed E-state index contributed by atoms with van der Waals surface area (Å²) in [6, 6.07) is 8.33. The molecule has 0 amide bonds. The number of rotatable bonds is 4. The molecular formula is C15H20BrNO2. The van der Waals surface area contributed by atoms with Crippen molar-refractivity contribution in [3.63, 3.8) is 0 Å². The Kier molecular flexibility index (Phi) is 5.40. The summed E-state index contributed by atoms with van der Waals surface area (Å²) < 4.78 is 6.23. The number of benzene rings is 1. The van der Waals surface area contributed by atoms with Crippen molar-refractivity contribution in [3.05, 3.63) is 34.3 Å². The van der Waals surface area contributed by atoms with Gasteiger partial charge in [-0.1, -0.05) is 28.1 Å². The van der Waals surface area contributed by atoms with E-state index in [1.807, 2.05) is 19.1 Å². The van der Waals surface area contributed by atoms with Gasteiger partial charge in [-0.25, -0.2) is 0 Å². The van der Waals surface area contributed by atoms with Crippen LogP contribution < -0.4 is 0 Å². The molecule has 0 bridgehead atoms. The Balaban J connectivity index is 1.92. The van der Waals surface area contributed by atoms with E-state index >= 15 is 0 Å². The van der Waals surface area contributed by atoms with Crippen molar-refractivity contribution in [2.75, 3.05) is 19.7 Å². The number of nitrogens with zero attached hydrogens (tertiary/aromatic N) is 1. The number of carbonyl (C=O) groups excluding carboxylic acids is 1.